The summed E-state index contributed by atoms with van der Waals surface area (Å²) in [6, 6.07) is 3.96. The van der Waals surface area contributed by atoms with Crippen LogP contribution in [0.1, 0.15) is 0 Å². The van der Waals surface area contributed by atoms with Crippen LogP contribution in [-0.4, -0.2) is 7.11 Å². The van der Waals surface area contributed by atoms with Crippen molar-refractivity contribution in [3.8, 4) is 5.75 Å². The van der Waals surface area contributed by atoms with Crippen molar-refractivity contribution < 1.29 is 4.74 Å². The van der Waals surface area contributed by atoms with Gasteiger partial charge in [0.05, 0.1) is 12.5 Å². The van der Waals surface area contributed by atoms with Gasteiger partial charge in [-0.1, -0.05) is 0 Å². The molecule has 0 amide bonds. The fraction of sp³-hybridized carbons (Fsp3) is 0.111. The Bertz CT molecular complexity index is 452. The molecule has 0 aliphatic carbocycles. The van der Waals surface area contributed by atoms with E-state index < -0.39 is 0 Å². The van der Waals surface area contributed by atoms with Crippen LogP contribution in [-0.2, 0) is 0 Å². The summed E-state index contributed by atoms with van der Waals surface area (Å²) in [5, 5.41) is 3.14. The van der Waals surface area contributed by atoms with E-state index in [2.05, 4.69) is 22.6 Å². The SMILES string of the molecule is COc1csc2ccc(N)c(I)c12. The van der Waals surface area contributed by atoms with Gasteiger partial charge in [-0.15, -0.1) is 11.3 Å². The average Bonchev–Trinajstić information content (AvgIpc) is 2.55. The molecule has 1 heterocycles. The Morgan fingerprint density at radius 2 is 2.23 bits per heavy atom. The minimum absolute atomic E-state index is 0.810. The Hall–Kier alpha value is -0.490. The number of hydrogen-bond donors (Lipinski definition) is 1. The van der Waals surface area contributed by atoms with Crippen molar-refractivity contribution in [3.05, 3.63) is 21.1 Å². The van der Waals surface area contributed by atoms with E-state index in [0.717, 1.165) is 20.4 Å². The maximum absolute atomic E-state index is 5.81. The first-order valence-electron chi connectivity index (χ1n) is 3.73. The maximum atomic E-state index is 5.81. The number of nitrogen functional groups attached to an aromatic ring is 1. The van der Waals surface area contributed by atoms with Gasteiger partial charge in [0.15, 0.2) is 0 Å². The summed E-state index contributed by atoms with van der Waals surface area (Å²) in [5.41, 5.74) is 6.62. The highest BCUT2D eigenvalue weighted by atomic mass is 127. The van der Waals surface area contributed by atoms with E-state index in [0.29, 0.717) is 0 Å². The summed E-state index contributed by atoms with van der Waals surface area (Å²) >= 11 is 3.93. The summed E-state index contributed by atoms with van der Waals surface area (Å²) < 4.78 is 7.55. The minimum atomic E-state index is 0.810. The minimum Gasteiger partial charge on any atom is -0.495 e. The van der Waals surface area contributed by atoms with Crippen LogP contribution in [0.5, 0.6) is 5.75 Å². The van der Waals surface area contributed by atoms with Gasteiger partial charge in [0.1, 0.15) is 5.75 Å². The zero-order chi connectivity index (χ0) is 9.42. The Morgan fingerprint density at radius 1 is 1.46 bits per heavy atom. The Kier molecular flexibility index (Phi) is 2.33. The van der Waals surface area contributed by atoms with Crippen LogP contribution in [0.2, 0.25) is 0 Å². The molecule has 0 fully saturated rings. The van der Waals surface area contributed by atoms with Crippen LogP contribution in [0.15, 0.2) is 17.5 Å². The van der Waals surface area contributed by atoms with Crippen LogP contribution >= 0.6 is 33.9 Å². The zero-order valence-electron chi connectivity index (χ0n) is 7.00. The molecule has 1 aromatic heterocycles. The van der Waals surface area contributed by atoms with Crippen molar-refractivity contribution in [2.45, 2.75) is 0 Å². The number of rotatable bonds is 1. The highest BCUT2D eigenvalue weighted by molar-refractivity contribution is 14.1. The first-order chi connectivity index (χ1) is 6.24. The molecule has 2 N–H and O–H groups in total. The van der Waals surface area contributed by atoms with Gasteiger partial charge in [-0.25, -0.2) is 0 Å². The highest BCUT2D eigenvalue weighted by Gasteiger charge is 2.09. The van der Waals surface area contributed by atoms with Crippen molar-refractivity contribution in [2.75, 3.05) is 12.8 Å². The second kappa shape index (κ2) is 3.34. The molecule has 68 valence electrons. The lowest BCUT2D eigenvalue weighted by atomic mass is 10.2. The number of ether oxygens (including phenoxy) is 1. The third-order valence-electron chi connectivity index (χ3n) is 1.89. The van der Waals surface area contributed by atoms with E-state index in [-0.39, 0.29) is 0 Å². The van der Waals surface area contributed by atoms with Gasteiger partial charge in [-0.2, -0.15) is 0 Å². The Balaban J connectivity index is 2.85. The summed E-state index contributed by atoms with van der Waals surface area (Å²) in [4.78, 5) is 0. The van der Waals surface area contributed by atoms with Crippen LogP contribution in [0.25, 0.3) is 10.1 Å². The van der Waals surface area contributed by atoms with Gasteiger partial charge in [0.2, 0.25) is 0 Å². The normalized spacial score (nSPS) is 10.6. The van der Waals surface area contributed by atoms with Crippen molar-refractivity contribution in [1.29, 1.82) is 0 Å². The highest BCUT2D eigenvalue weighted by Crippen LogP contribution is 2.37. The lowest BCUT2D eigenvalue weighted by Gasteiger charge is -2.02. The van der Waals surface area contributed by atoms with E-state index >= 15 is 0 Å². The third kappa shape index (κ3) is 1.38. The van der Waals surface area contributed by atoms with E-state index in [1.807, 2.05) is 17.5 Å². The fourth-order valence-corrected chi connectivity index (χ4v) is 3.06. The largest absolute Gasteiger partial charge is 0.495 e. The van der Waals surface area contributed by atoms with Crippen molar-refractivity contribution in [3.63, 3.8) is 0 Å². The molecular weight excluding hydrogens is 297 g/mol. The molecule has 0 atom stereocenters. The molecule has 0 unspecified atom stereocenters. The molecule has 0 bridgehead atoms. The summed E-state index contributed by atoms with van der Waals surface area (Å²) in [6.45, 7) is 0. The van der Waals surface area contributed by atoms with Crippen molar-refractivity contribution in [2.24, 2.45) is 0 Å². The number of anilines is 1. The van der Waals surface area contributed by atoms with Crippen LogP contribution in [0, 0.1) is 3.57 Å². The second-order valence-electron chi connectivity index (χ2n) is 2.65. The van der Waals surface area contributed by atoms with Gasteiger partial charge >= 0.3 is 0 Å². The summed E-state index contributed by atoms with van der Waals surface area (Å²) in [5.74, 6) is 0.914. The van der Waals surface area contributed by atoms with E-state index in [4.69, 9.17) is 10.5 Å². The number of thiophene rings is 1. The molecule has 2 nitrogen and oxygen atoms in total. The quantitative estimate of drug-likeness (QED) is 0.649. The Morgan fingerprint density at radius 3 is 2.92 bits per heavy atom. The van der Waals surface area contributed by atoms with Crippen molar-refractivity contribution in [1.82, 2.24) is 0 Å². The standard InChI is InChI=1S/C9H8INOS/c1-12-6-4-13-7-3-2-5(11)9(10)8(6)7/h2-4H,11H2,1H3. The molecule has 0 saturated carbocycles. The third-order valence-corrected chi connectivity index (χ3v) is 3.98. The number of nitrogens with two attached hydrogens (primary N) is 1. The number of methoxy groups -OCH3 is 1. The molecule has 0 spiro atoms. The molecule has 2 rings (SSSR count). The van der Waals surface area contributed by atoms with Gasteiger partial charge < -0.3 is 10.5 Å². The predicted octanol–water partition coefficient (Wildman–Crippen LogP) is 3.10. The molecule has 0 aliphatic rings. The van der Waals surface area contributed by atoms with E-state index in [9.17, 15) is 0 Å². The average molecular weight is 305 g/mol. The molecular formula is C9H8INOS. The molecule has 1 aromatic carbocycles. The zero-order valence-corrected chi connectivity index (χ0v) is 9.98. The van der Waals surface area contributed by atoms with Crippen LogP contribution in [0.4, 0.5) is 5.69 Å². The molecule has 0 saturated heterocycles. The van der Waals surface area contributed by atoms with Gasteiger partial charge in [-0.3, -0.25) is 0 Å². The smallest absolute Gasteiger partial charge is 0.138 e. The maximum Gasteiger partial charge on any atom is 0.138 e. The summed E-state index contributed by atoms with van der Waals surface area (Å²) in [7, 11) is 1.68. The first-order valence-corrected chi connectivity index (χ1v) is 5.69. The van der Waals surface area contributed by atoms with Crippen LogP contribution in [0.3, 0.4) is 0 Å². The summed E-state index contributed by atoms with van der Waals surface area (Å²) in [6.07, 6.45) is 0. The lowest BCUT2D eigenvalue weighted by Crippen LogP contribution is -1.89. The topological polar surface area (TPSA) is 35.2 Å². The van der Waals surface area contributed by atoms with Gasteiger partial charge in [0.25, 0.3) is 0 Å². The first kappa shape index (κ1) is 9.08. The molecule has 2 aromatic rings. The predicted molar refractivity (Wildman–Crippen MR) is 65.5 cm³/mol. The molecule has 0 aliphatic heterocycles. The Labute approximate surface area is 93.8 Å². The number of hydrogen-bond acceptors (Lipinski definition) is 3. The molecule has 4 heteroatoms. The fourth-order valence-electron chi connectivity index (χ4n) is 1.23. The van der Waals surface area contributed by atoms with Gasteiger partial charge in [-0.05, 0) is 34.7 Å². The molecule has 0 radical (unpaired) electrons. The van der Waals surface area contributed by atoms with E-state index in [1.165, 1.54) is 4.70 Å². The second-order valence-corrected chi connectivity index (χ2v) is 4.64. The van der Waals surface area contributed by atoms with Crippen molar-refractivity contribution >= 4 is 49.7 Å². The molecule has 13 heavy (non-hydrogen) atoms. The number of fused-ring (bicyclic) bond motifs is 1. The lowest BCUT2D eigenvalue weighted by molar-refractivity contribution is 0.421. The number of benzene rings is 1. The van der Waals surface area contributed by atoms with Gasteiger partial charge in [0, 0.05) is 19.3 Å². The van der Waals surface area contributed by atoms with E-state index in [1.54, 1.807) is 18.4 Å². The van der Waals surface area contributed by atoms with Crippen LogP contribution < -0.4 is 10.5 Å². The monoisotopic (exact) mass is 305 g/mol. The number of halogens is 1.